The molecule has 1 amide bonds. The maximum absolute atomic E-state index is 11.5. The Labute approximate surface area is 83.5 Å². The van der Waals surface area contributed by atoms with Gasteiger partial charge in [0, 0.05) is 24.3 Å². The normalized spacial score (nSPS) is 16.4. The minimum Gasteiger partial charge on any atom is -0.399 e. The number of amides is 1. The van der Waals surface area contributed by atoms with Gasteiger partial charge in [-0.1, -0.05) is 6.07 Å². The summed E-state index contributed by atoms with van der Waals surface area (Å²) in [7, 11) is 0. The van der Waals surface area contributed by atoms with Crippen LogP contribution in [0.3, 0.4) is 0 Å². The Kier molecular flexibility index (Phi) is 2.15. The van der Waals surface area contributed by atoms with Crippen LogP contribution in [0.5, 0.6) is 0 Å². The molecule has 1 aromatic carbocycles. The number of aryl methyl sites for hydroxylation is 1. The number of carbonyl (C=O) groups excluding carboxylic acids is 1. The minimum atomic E-state index is 0.207. The molecule has 0 spiro atoms. The molecular weight excluding hydrogens is 176 g/mol. The van der Waals surface area contributed by atoms with Gasteiger partial charge < -0.3 is 10.6 Å². The van der Waals surface area contributed by atoms with Gasteiger partial charge in [-0.15, -0.1) is 0 Å². The summed E-state index contributed by atoms with van der Waals surface area (Å²) >= 11 is 0. The molecule has 1 heterocycles. The van der Waals surface area contributed by atoms with E-state index in [-0.39, 0.29) is 5.91 Å². The van der Waals surface area contributed by atoms with Crippen molar-refractivity contribution in [1.29, 1.82) is 0 Å². The lowest BCUT2D eigenvalue weighted by molar-refractivity contribution is -0.117. The van der Waals surface area contributed by atoms with Crippen molar-refractivity contribution in [3.8, 4) is 0 Å². The zero-order chi connectivity index (χ0) is 10.1. The number of anilines is 2. The second-order valence-electron chi connectivity index (χ2n) is 3.69. The van der Waals surface area contributed by atoms with E-state index in [9.17, 15) is 4.79 Å². The fourth-order valence-corrected chi connectivity index (χ4v) is 1.82. The average molecular weight is 190 g/mol. The van der Waals surface area contributed by atoms with Crippen LogP contribution in [0.2, 0.25) is 0 Å². The minimum absolute atomic E-state index is 0.207. The number of hydrogen-bond donors (Lipinski definition) is 1. The van der Waals surface area contributed by atoms with Gasteiger partial charge in [0.15, 0.2) is 0 Å². The Bertz CT molecular complexity index is 374. The van der Waals surface area contributed by atoms with Gasteiger partial charge in [0.05, 0.1) is 0 Å². The maximum atomic E-state index is 11.5. The fourth-order valence-electron chi connectivity index (χ4n) is 1.82. The first-order valence-corrected chi connectivity index (χ1v) is 4.85. The predicted octanol–water partition coefficient (Wildman–Crippen LogP) is 1.70. The molecule has 1 fully saturated rings. The van der Waals surface area contributed by atoms with E-state index < -0.39 is 0 Å². The van der Waals surface area contributed by atoms with Gasteiger partial charge in [-0.2, -0.15) is 0 Å². The van der Waals surface area contributed by atoms with Crippen LogP contribution in [0.15, 0.2) is 18.2 Å². The van der Waals surface area contributed by atoms with Crippen LogP contribution in [0.4, 0.5) is 11.4 Å². The third kappa shape index (κ3) is 1.45. The molecule has 0 atom stereocenters. The van der Waals surface area contributed by atoms with E-state index in [0.29, 0.717) is 12.1 Å². The van der Waals surface area contributed by atoms with E-state index in [0.717, 1.165) is 24.2 Å². The number of nitrogen functional groups attached to an aromatic ring is 1. The first-order chi connectivity index (χ1) is 6.68. The van der Waals surface area contributed by atoms with Crippen LogP contribution in [0.25, 0.3) is 0 Å². The quantitative estimate of drug-likeness (QED) is 0.685. The number of hydrogen-bond acceptors (Lipinski definition) is 2. The smallest absolute Gasteiger partial charge is 0.227 e. The van der Waals surface area contributed by atoms with Gasteiger partial charge in [-0.05, 0) is 31.0 Å². The van der Waals surface area contributed by atoms with E-state index >= 15 is 0 Å². The van der Waals surface area contributed by atoms with Crippen molar-refractivity contribution < 1.29 is 4.79 Å². The highest BCUT2D eigenvalue weighted by atomic mass is 16.2. The molecule has 74 valence electrons. The lowest BCUT2D eigenvalue weighted by Gasteiger charge is -2.18. The summed E-state index contributed by atoms with van der Waals surface area (Å²) in [5, 5.41) is 0. The summed E-state index contributed by atoms with van der Waals surface area (Å²) in [6, 6.07) is 5.69. The van der Waals surface area contributed by atoms with Gasteiger partial charge in [-0.3, -0.25) is 4.79 Å². The molecule has 3 heteroatoms. The molecule has 0 aliphatic carbocycles. The van der Waals surface area contributed by atoms with Crippen molar-refractivity contribution in [3.63, 3.8) is 0 Å². The van der Waals surface area contributed by atoms with Crippen LogP contribution in [-0.2, 0) is 4.79 Å². The molecule has 0 aromatic heterocycles. The Morgan fingerprint density at radius 3 is 2.86 bits per heavy atom. The van der Waals surface area contributed by atoms with Crippen molar-refractivity contribution >= 4 is 17.3 Å². The largest absolute Gasteiger partial charge is 0.399 e. The molecule has 0 bridgehead atoms. The summed E-state index contributed by atoms with van der Waals surface area (Å²) in [5.74, 6) is 0.207. The average Bonchev–Trinajstić information content (AvgIpc) is 2.56. The standard InChI is InChI=1S/C11H14N2O/c1-8-4-5-9(12)7-10(8)13-6-2-3-11(13)14/h4-5,7H,2-3,6,12H2,1H3. The SMILES string of the molecule is Cc1ccc(N)cc1N1CCCC1=O. The monoisotopic (exact) mass is 190 g/mol. The number of carbonyl (C=O) groups is 1. The van der Waals surface area contributed by atoms with Gasteiger partial charge in [0.2, 0.25) is 5.91 Å². The molecule has 2 N–H and O–H groups in total. The van der Waals surface area contributed by atoms with Crippen molar-refractivity contribution in [1.82, 2.24) is 0 Å². The molecule has 0 unspecified atom stereocenters. The summed E-state index contributed by atoms with van der Waals surface area (Å²) in [6.45, 7) is 2.82. The highest BCUT2D eigenvalue weighted by Gasteiger charge is 2.22. The van der Waals surface area contributed by atoms with E-state index in [2.05, 4.69) is 0 Å². The lowest BCUT2D eigenvalue weighted by atomic mass is 10.1. The van der Waals surface area contributed by atoms with E-state index in [4.69, 9.17) is 5.73 Å². The van der Waals surface area contributed by atoms with Gasteiger partial charge in [-0.25, -0.2) is 0 Å². The molecule has 1 aromatic rings. The van der Waals surface area contributed by atoms with Crippen LogP contribution in [0.1, 0.15) is 18.4 Å². The second-order valence-corrected chi connectivity index (χ2v) is 3.69. The highest BCUT2D eigenvalue weighted by molar-refractivity contribution is 5.96. The van der Waals surface area contributed by atoms with Gasteiger partial charge in [0.1, 0.15) is 0 Å². The molecule has 1 aliphatic heterocycles. The summed E-state index contributed by atoms with van der Waals surface area (Å²) in [4.78, 5) is 13.3. The Hall–Kier alpha value is -1.51. The molecular formula is C11H14N2O. The third-order valence-corrected chi connectivity index (χ3v) is 2.60. The molecule has 1 aliphatic rings. The summed E-state index contributed by atoms with van der Waals surface area (Å²) in [5.41, 5.74) is 8.49. The molecule has 14 heavy (non-hydrogen) atoms. The molecule has 1 saturated heterocycles. The lowest BCUT2D eigenvalue weighted by Crippen LogP contribution is -2.24. The van der Waals surface area contributed by atoms with Gasteiger partial charge >= 0.3 is 0 Å². The van der Waals surface area contributed by atoms with Crippen LogP contribution in [-0.4, -0.2) is 12.5 Å². The summed E-state index contributed by atoms with van der Waals surface area (Å²) in [6.07, 6.45) is 1.61. The number of nitrogens with zero attached hydrogens (tertiary/aromatic N) is 1. The number of rotatable bonds is 1. The first kappa shape index (κ1) is 9.06. The van der Waals surface area contributed by atoms with Gasteiger partial charge in [0.25, 0.3) is 0 Å². The van der Waals surface area contributed by atoms with Crippen molar-refractivity contribution in [2.45, 2.75) is 19.8 Å². The molecule has 2 rings (SSSR count). The molecule has 0 saturated carbocycles. The second kappa shape index (κ2) is 3.33. The van der Waals surface area contributed by atoms with Crippen LogP contribution >= 0.6 is 0 Å². The maximum Gasteiger partial charge on any atom is 0.227 e. The van der Waals surface area contributed by atoms with Crippen molar-refractivity contribution in [3.05, 3.63) is 23.8 Å². The topological polar surface area (TPSA) is 46.3 Å². The molecule has 0 radical (unpaired) electrons. The Morgan fingerprint density at radius 1 is 1.43 bits per heavy atom. The predicted molar refractivity (Wildman–Crippen MR) is 57.2 cm³/mol. The highest BCUT2D eigenvalue weighted by Crippen LogP contribution is 2.26. The van der Waals surface area contributed by atoms with Crippen LogP contribution < -0.4 is 10.6 Å². The third-order valence-electron chi connectivity index (χ3n) is 2.60. The first-order valence-electron chi connectivity index (χ1n) is 4.85. The number of nitrogens with two attached hydrogens (primary N) is 1. The van der Waals surface area contributed by atoms with Crippen molar-refractivity contribution in [2.75, 3.05) is 17.2 Å². The fraction of sp³-hybridized carbons (Fsp3) is 0.364. The van der Waals surface area contributed by atoms with Crippen molar-refractivity contribution in [2.24, 2.45) is 0 Å². The summed E-state index contributed by atoms with van der Waals surface area (Å²) < 4.78 is 0. The van der Waals surface area contributed by atoms with Crippen LogP contribution in [0, 0.1) is 6.92 Å². The Morgan fingerprint density at radius 2 is 2.21 bits per heavy atom. The van der Waals surface area contributed by atoms with E-state index in [1.54, 1.807) is 0 Å². The Balaban J connectivity index is 2.39. The molecule has 3 nitrogen and oxygen atoms in total. The zero-order valence-corrected chi connectivity index (χ0v) is 8.29. The zero-order valence-electron chi connectivity index (χ0n) is 8.29. The van der Waals surface area contributed by atoms with E-state index in [1.807, 2.05) is 30.0 Å². The van der Waals surface area contributed by atoms with E-state index in [1.165, 1.54) is 0 Å². The number of benzene rings is 1.